The number of likely N-dealkylation sites (N-methyl/N-ethyl adjacent to an activating group) is 1. The molecule has 0 fully saturated rings. The summed E-state index contributed by atoms with van der Waals surface area (Å²) in [5.74, 6) is -1.60. The van der Waals surface area contributed by atoms with Gasteiger partial charge in [-0.05, 0) is 96.3 Å². The van der Waals surface area contributed by atoms with Gasteiger partial charge in [0.25, 0.3) is 0 Å². The summed E-state index contributed by atoms with van der Waals surface area (Å²) in [7, 11) is 5.48. The van der Waals surface area contributed by atoms with Crippen molar-refractivity contribution >= 4 is 17.9 Å². The fraction of sp³-hybridized carbons (Fsp3) is 0.596. The fourth-order valence-electron chi connectivity index (χ4n) is 5.87. The standard InChI is InChI=1S/C52H83NO7/c1-6-8-10-12-14-16-18-20-22-24-25-27-28-30-32-34-36-38-40-42-50(54)59-47-48(46-58-45-44-49(52(56)57)53(3,4)5)60-51(55)43-41-39-37-35-33-31-29-26-23-21-19-17-15-13-11-9-7-2/h8,10,14-17,20-23,25,27,29-32,35,37,48-49H,6-7,9,11-13,18-19,24,26,28,33-34,36,38-47H2,1-5H3/p+1/b10-8+,16-14+,17-15+,22-20+,23-21+,27-25+,31-29+,32-30+,37-35+. The molecule has 0 aliphatic heterocycles. The zero-order valence-electron chi connectivity index (χ0n) is 38.4. The van der Waals surface area contributed by atoms with Crippen LogP contribution >= 0.6 is 0 Å². The summed E-state index contributed by atoms with van der Waals surface area (Å²) < 4.78 is 17.2. The van der Waals surface area contributed by atoms with Crippen LogP contribution in [-0.2, 0) is 28.6 Å². The number of esters is 2. The van der Waals surface area contributed by atoms with Gasteiger partial charge in [0.1, 0.15) is 6.61 Å². The number of hydrogen-bond acceptors (Lipinski definition) is 6. The highest BCUT2D eigenvalue weighted by Gasteiger charge is 2.31. The molecule has 60 heavy (non-hydrogen) atoms. The topological polar surface area (TPSA) is 99.1 Å². The molecule has 0 radical (unpaired) electrons. The van der Waals surface area contributed by atoms with E-state index < -0.39 is 18.1 Å². The van der Waals surface area contributed by atoms with E-state index in [1.165, 1.54) is 25.7 Å². The Balaban J connectivity index is 4.51. The Labute approximate surface area is 366 Å². The largest absolute Gasteiger partial charge is 0.477 e. The van der Waals surface area contributed by atoms with Crippen LogP contribution in [0.15, 0.2) is 109 Å². The van der Waals surface area contributed by atoms with Gasteiger partial charge in [-0.1, -0.05) is 142 Å². The van der Waals surface area contributed by atoms with Crippen molar-refractivity contribution in [3.05, 3.63) is 109 Å². The van der Waals surface area contributed by atoms with Crippen LogP contribution in [0.2, 0.25) is 0 Å². The van der Waals surface area contributed by atoms with Crippen molar-refractivity contribution in [2.45, 2.75) is 161 Å². The number of carbonyl (C=O) groups is 3. The third kappa shape index (κ3) is 39.5. The van der Waals surface area contributed by atoms with Crippen molar-refractivity contribution in [1.29, 1.82) is 0 Å². The van der Waals surface area contributed by atoms with Gasteiger partial charge in [0, 0.05) is 19.3 Å². The fourth-order valence-corrected chi connectivity index (χ4v) is 5.87. The number of unbranched alkanes of at least 4 members (excludes halogenated alkanes) is 7. The maximum Gasteiger partial charge on any atom is 0.362 e. The lowest BCUT2D eigenvalue weighted by molar-refractivity contribution is -0.887. The Morgan fingerprint density at radius 2 is 0.950 bits per heavy atom. The number of hydrogen-bond donors (Lipinski definition) is 1. The lowest BCUT2D eigenvalue weighted by Gasteiger charge is -2.31. The maximum absolute atomic E-state index is 12.7. The number of nitrogens with zero attached hydrogens (tertiary/aromatic N) is 1. The average molecular weight is 835 g/mol. The molecule has 0 rings (SSSR count). The van der Waals surface area contributed by atoms with E-state index in [1.807, 2.05) is 21.1 Å². The molecule has 0 saturated heterocycles. The quantitative estimate of drug-likeness (QED) is 0.0285. The molecule has 0 aromatic carbocycles. The molecule has 0 aliphatic rings. The normalized spacial score (nSPS) is 13.9. The van der Waals surface area contributed by atoms with E-state index >= 15 is 0 Å². The molecule has 0 amide bonds. The Hall–Kier alpha value is -4.01. The van der Waals surface area contributed by atoms with E-state index in [4.69, 9.17) is 14.2 Å². The summed E-state index contributed by atoms with van der Waals surface area (Å²) in [4.78, 5) is 37.0. The van der Waals surface area contributed by atoms with E-state index in [9.17, 15) is 19.5 Å². The number of ether oxygens (including phenoxy) is 3. The third-order valence-corrected chi connectivity index (χ3v) is 9.41. The summed E-state index contributed by atoms with van der Waals surface area (Å²) in [5, 5.41) is 9.63. The molecule has 8 heteroatoms. The SMILES string of the molecule is CC/C=C/C/C=C/C/C=C/C/C=C/C/C=C/CCCCCC(=O)OCC(COCCC(C(=O)O)[N+](C)(C)C)OC(=O)CCC/C=C/C/C=C/C/C=C/C/C=C/CCCCC. The number of aliphatic carboxylic acids is 1. The van der Waals surface area contributed by atoms with Crippen LogP contribution in [-0.4, -0.2) is 80.6 Å². The number of quaternary nitrogens is 1. The first kappa shape index (κ1) is 56.0. The molecule has 0 heterocycles. The number of carboxylic acids is 1. The van der Waals surface area contributed by atoms with Crippen LogP contribution in [0.1, 0.15) is 149 Å². The van der Waals surface area contributed by atoms with Crippen molar-refractivity contribution in [3.63, 3.8) is 0 Å². The zero-order chi connectivity index (χ0) is 44.2. The van der Waals surface area contributed by atoms with Crippen molar-refractivity contribution < 1.29 is 38.2 Å². The van der Waals surface area contributed by atoms with Crippen LogP contribution < -0.4 is 0 Å². The van der Waals surface area contributed by atoms with E-state index in [0.717, 1.165) is 83.5 Å². The van der Waals surface area contributed by atoms with Crippen molar-refractivity contribution in [3.8, 4) is 0 Å². The number of carboxylic acid groups (broad SMARTS) is 1. The van der Waals surface area contributed by atoms with Crippen LogP contribution in [0.5, 0.6) is 0 Å². The molecular weight excluding hydrogens is 751 g/mol. The van der Waals surface area contributed by atoms with Crippen LogP contribution in [0.25, 0.3) is 0 Å². The van der Waals surface area contributed by atoms with Crippen molar-refractivity contribution in [1.82, 2.24) is 0 Å². The molecule has 0 saturated carbocycles. The third-order valence-electron chi connectivity index (χ3n) is 9.41. The number of carbonyl (C=O) groups excluding carboxylic acids is 2. The highest BCUT2D eigenvalue weighted by atomic mass is 16.6. The molecule has 0 aromatic heterocycles. The first-order chi connectivity index (χ1) is 29.1. The van der Waals surface area contributed by atoms with Gasteiger partial charge < -0.3 is 23.8 Å². The monoisotopic (exact) mass is 835 g/mol. The van der Waals surface area contributed by atoms with E-state index in [1.54, 1.807) is 0 Å². The number of rotatable bonds is 39. The minimum atomic E-state index is -0.893. The minimum absolute atomic E-state index is 0.0208. The minimum Gasteiger partial charge on any atom is -0.477 e. The Kier molecular flexibility index (Phi) is 38.9. The molecule has 1 N–H and O–H groups in total. The van der Waals surface area contributed by atoms with E-state index in [-0.39, 0.29) is 42.7 Å². The molecule has 2 atom stereocenters. The van der Waals surface area contributed by atoms with Crippen molar-refractivity contribution in [2.75, 3.05) is 41.0 Å². The Morgan fingerprint density at radius 3 is 1.40 bits per heavy atom. The summed E-state index contributed by atoms with van der Waals surface area (Å²) in [6, 6.07) is -0.637. The van der Waals surface area contributed by atoms with Crippen LogP contribution in [0.4, 0.5) is 0 Å². The number of allylic oxidation sites excluding steroid dienone is 18. The Bertz CT molecular complexity index is 1340. The van der Waals surface area contributed by atoms with E-state index in [2.05, 4.69) is 123 Å². The van der Waals surface area contributed by atoms with Crippen LogP contribution in [0, 0.1) is 0 Å². The second kappa shape index (κ2) is 41.7. The van der Waals surface area contributed by atoms with Gasteiger partial charge in [0.05, 0.1) is 34.4 Å². The maximum atomic E-state index is 12.7. The van der Waals surface area contributed by atoms with E-state index in [0.29, 0.717) is 19.3 Å². The van der Waals surface area contributed by atoms with Gasteiger partial charge in [0.2, 0.25) is 0 Å². The highest BCUT2D eigenvalue weighted by molar-refractivity contribution is 5.72. The van der Waals surface area contributed by atoms with Crippen molar-refractivity contribution in [2.24, 2.45) is 0 Å². The summed E-state index contributed by atoms with van der Waals surface area (Å²) in [6.45, 7) is 4.47. The van der Waals surface area contributed by atoms with Gasteiger partial charge >= 0.3 is 17.9 Å². The van der Waals surface area contributed by atoms with Gasteiger partial charge in [0.15, 0.2) is 12.1 Å². The molecular formula is C52H84NO7+. The summed E-state index contributed by atoms with van der Waals surface area (Å²) in [6.07, 6.45) is 57.1. The molecule has 0 aromatic rings. The lowest BCUT2D eigenvalue weighted by Crippen LogP contribution is -2.50. The predicted octanol–water partition coefficient (Wildman–Crippen LogP) is 12.9. The average Bonchev–Trinajstić information content (AvgIpc) is 3.21. The van der Waals surface area contributed by atoms with Crippen LogP contribution in [0.3, 0.4) is 0 Å². The first-order valence-electron chi connectivity index (χ1n) is 22.9. The first-order valence-corrected chi connectivity index (χ1v) is 22.9. The lowest BCUT2D eigenvalue weighted by atomic mass is 10.1. The second-order valence-electron chi connectivity index (χ2n) is 15.9. The van der Waals surface area contributed by atoms with Gasteiger partial charge in [-0.25, -0.2) is 4.79 Å². The van der Waals surface area contributed by atoms with Gasteiger partial charge in [-0.2, -0.15) is 0 Å². The Morgan fingerprint density at radius 1 is 0.517 bits per heavy atom. The van der Waals surface area contributed by atoms with Gasteiger partial charge in [-0.15, -0.1) is 0 Å². The molecule has 0 spiro atoms. The molecule has 0 aliphatic carbocycles. The van der Waals surface area contributed by atoms with Gasteiger partial charge in [-0.3, -0.25) is 9.59 Å². The molecule has 8 nitrogen and oxygen atoms in total. The summed E-state index contributed by atoms with van der Waals surface area (Å²) in [5.41, 5.74) is 0. The zero-order valence-corrected chi connectivity index (χ0v) is 38.4. The second-order valence-corrected chi connectivity index (χ2v) is 15.9. The highest BCUT2D eigenvalue weighted by Crippen LogP contribution is 2.11. The molecule has 2 unspecified atom stereocenters. The predicted molar refractivity (Wildman–Crippen MR) is 252 cm³/mol. The molecule has 0 bridgehead atoms. The summed E-state index contributed by atoms with van der Waals surface area (Å²) >= 11 is 0. The molecule has 338 valence electrons. The smallest absolute Gasteiger partial charge is 0.362 e.